The average molecular weight is 348 g/mol. The predicted octanol–water partition coefficient (Wildman–Crippen LogP) is 1.79. The number of piperazine rings is 1. The van der Waals surface area contributed by atoms with Crippen molar-refractivity contribution in [2.24, 2.45) is 0 Å². The molecule has 1 saturated heterocycles. The van der Waals surface area contributed by atoms with Crippen molar-refractivity contribution in [1.82, 2.24) is 20.4 Å². The van der Waals surface area contributed by atoms with Crippen LogP contribution in [0.3, 0.4) is 0 Å². The highest BCUT2D eigenvalue weighted by Gasteiger charge is 2.46. The number of nitrogens with zero attached hydrogens (tertiary/aromatic N) is 2. The molecule has 25 heavy (non-hydrogen) atoms. The third-order valence-electron chi connectivity index (χ3n) is 5.39. The standard InChI is InChI=1S/C19H29FN4O/c1-15(13-24-11-9-23(2)10-12-24)22-18(25)21-14-19(7-8-19)16-5-3-4-6-17(16)20/h3-6,15H,7-14H2,1-2H3,(H2,21,22,25)/t15-/m1/s1. The van der Waals surface area contributed by atoms with E-state index in [1.165, 1.54) is 6.07 Å². The first-order chi connectivity index (χ1) is 12.0. The Bertz CT molecular complexity index is 597. The summed E-state index contributed by atoms with van der Waals surface area (Å²) in [6, 6.07) is 6.81. The molecule has 5 nitrogen and oxygen atoms in total. The molecule has 3 rings (SSSR count). The van der Waals surface area contributed by atoms with Gasteiger partial charge in [-0.15, -0.1) is 0 Å². The molecular weight excluding hydrogens is 319 g/mol. The SMILES string of the molecule is C[C@H](CN1CCN(C)CC1)NC(=O)NCC1(c2ccccc2F)CC1. The number of hydrogen-bond donors (Lipinski definition) is 2. The van der Waals surface area contributed by atoms with Gasteiger partial charge in [0.25, 0.3) is 0 Å². The van der Waals surface area contributed by atoms with E-state index in [1.807, 2.05) is 19.1 Å². The number of nitrogens with one attached hydrogen (secondary N) is 2. The minimum atomic E-state index is -0.219. The van der Waals surface area contributed by atoms with Crippen LogP contribution in [-0.4, -0.2) is 68.2 Å². The maximum atomic E-state index is 14.0. The minimum Gasteiger partial charge on any atom is -0.337 e. The van der Waals surface area contributed by atoms with E-state index in [9.17, 15) is 9.18 Å². The van der Waals surface area contributed by atoms with Gasteiger partial charge in [0.2, 0.25) is 0 Å². The Morgan fingerprint density at radius 2 is 1.92 bits per heavy atom. The molecule has 1 saturated carbocycles. The van der Waals surface area contributed by atoms with Crippen LogP contribution in [0.2, 0.25) is 0 Å². The summed E-state index contributed by atoms with van der Waals surface area (Å²) in [6.07, 6.45) is 1.84. The second-order valence-corrected chi connectivity index (χ2v) is 7.59. The lowest BCUT2D eigenvalue weighted by Crippen LogP contribution is -2.51. The van der Waals surface area contributed by atoms with Crippen molar-refractivity contribution in [3.8, 4) is 0 Å². The first kappa shape index (κ1) is 18.1. The summed E-state index contributed by atoms with van der Waals surface area (Å²) in [5.41, 5.74) is 0.504. The van der Waals surface area contributed by atoms with Gasteiger partial charge in [0.05, 0.1) is 0 Å². The summed E-state index contributed by atoms with van der Waals surface area (Å²) >= 11 is 0. The Morgan fingerprint density at radius 3 is 2.56 bits per heavy atom. The molecule has 1 aliphatic carbocycles. The van der Waals surface area contributed by atoms with Gasteiger partial charge in [-0.25, -0.2) is 9.18 Å². The van der Waals surface area contributed by atoms with Crippen molar-refractivity contribution in [2.45, 2.75) is 31.2 Å². The molecule has 1 atom stereocenters. The lowest BCUT2D eigenvalue weighted by Gasteiger charge is -2.34. The van der Waals surface area contributed by atoms with Crippen LogP contribution in [0.1, 0.15) is 25.3 Å². The first-order valence-electron chi connectivity index (χ1n) is 9.19. The average Bonchev–Trinajstić information content (AvgIpc) is 3.36. The summed E-state index contributed by atoms with van der Waals surface area (Å²) in [4.78, 5) is 16.9. The van der Waals surface area contributed by atoms with Crippen LogP contribution in [0, 0.1) is 5.82 Å². The quantitative estimate of drug-likeness (QED) is 0.824. The second kappa shape index (κ2) is 7.70. The van der Waals surface area contributed by atoms with Crippen molar-refractivity contribution in [3.63, 3.8) is 0 Å². The number of carbonyl (C=O) groups excluding carboxylic acids is 1. The summed E-state index contributed by atoms with van der Waals surface area (Å²) in [7, 11) is 2.13. The van der Waals surface area contributed by atoms with Crippen LogP contribution in [0.4, 0.5) is 9.18 Å². The maximum Gasteiger partial charge on any atom is 0.315 e. The third kappa shape index (κ3) is 4.70. The zero-order valence-electron chi connectivity index (χ0n) is 15.2. The van der Waals surface area contributed by atoms with Gasteiger partial charge in [-0.05, 0) is 38.4 Å². The lowest BCUT2D eigenvalue weighted by molar-refractivity contribution is 0.144. The molecule has 138 valence electrons. The van der Waals surface area contributed by atoms with Crippen molar-refractivity contribution in [1.29, 1.82) is 0 Å². The Labute approximate surface area is 149 Å². The Morgan fingerprint density at radius 1 is 1.24 bits per heavy atom. The molecule has 0 spiro atoms. The molecule has 2 aliphatic rings. The number of amides is 2. The van der Waals surface area contributed by atoms with E-state index in [0.717, 1.165) is 51.1 Å². The minimum absolute atomic E-state index is 0.0898. The van der Waals surface area contributed by atoms with Gasteiger partial charge in [0, 0.05) is 50.7 Å². The monoisotopic (exact) mass is 348 g/mol. The third-order valence-corrected chi connectivity index (χ3v) is 5.39. The number of benzene rings is 1. The van der Waals surface area contributed by atoms with E-state index in [4.69, 9.17) is 0 Å². The van der Waals surface area contributed by atoms with Gasteiger partial charge in [0.15, 0.2) is 0 Å². The van der Waals surface area contributed by atoms with Gasteiger partial charge in [-0.3, -0.25) is 4.90 Å². The summed E-state index contributed by atoms with van der Waals surface area (Å²) in [5.74, 6) is -0.175. The van der Waals surface area contributed by atoms with Crippen molar-refractivity contribution in [2.75, 3.05) is 46.3 Å². The number of likely N-dealkylation sites (N-methyl/N-ethyl adjacent to an activating group) is 1. The fourth-order valence-electron chi connectivity index (χ4n) is 3.57. The van der Waals surface area contributed by atoms with Gasteiger partial charge >= 0.3 is 6.03 Å². The van der Waals surface area contributed by atoms with Gasteiger partial charge in [-0.1, -0.05) is 18.2 Å². The maximum absolute atomic E-state index is 14.0. The Hall–Kier alpha value is -1.66. The van der Waals surface area contributed by atoms with Gasteiger partial charge in [0.1, 0.15) is 5.82 Å². The van der Waals surface area contributed by atoms with Crippen LogP contribution in [-0.2, 0) is 5.41 Å². The number of rotatable bonds is 6. The highest BCUT2D eigenvalue weighted by Crippen LogP contribution is 2.48. The van der Waals surface area contributed by atoms with Gasteiger partial charge in [-0.2, -0.15) is 0 Å². The largest absolute Gasteiger partial charge is 0.337 e. The zero-order valence-corrected chi connectivity index (χ0v) is 15.2. The smallest absolute Gasteiger partial charge is 0.315 e. The van der Waals surface area contributed by atoms with Crippen molar-refractivity contribution >= 4 is 6.03 Å². The van der Waals surface area contributed by atoms with E-state index in [2.05, 4.69) is 27.5 Å². The first-order valence-corrected chi connectivity index (χ1v) is 9.19. The molecule has 1 aliphatic heterocycles. The Kier molecular flexibility index (Phi) is 5.59. The normalized spacial score (nSPS) is 21.6. The van der Waals surface area contributed by atoms with Crippen LogP contribution in [0.5, 0.6) is 0 Å². The summed E-state index contributed by atoms with van der Waals surface area (Å²) < 4.78 is 14.0. The summed E-state index contributed by atoms with van der Waals surface area (Å²) in [5, 5.41) is 5.95. The lowest BCUT2D eigenvalue weighted by atomic mass is 9.95. The molecular formula is C19H29FN4O. The fourth-order valence-corrected chi connectivity index (χ4v) is 3.57. The molecule has 0 radical (unpaired) electrons. The van der Waals surface area contributed by atoms with Crippen LogP contribution in [0.15, 0.2) is 24.3 Å². The summed E-state index contributed by atoms with van der Waals surface area (Å²) in [6.45, 7) is 7.61. The predicted molar refractivity (Wildman–Crippen MR) is 97.2 cm³/mol. The molecule has 2 N–H and O–H groups in total. The van der Waals surface area contributed by atoms with Crippen LogP contribution in [0.25, 0.3) is 0 Å². The zero-order chi connectivity index (χ0) is 17.9. The number of urea groups is 1. The fraction of sp³-hybridized carbons (Fsp3) is 0.632. The van der Waals surface area contributed by atoms with E-state index >= 15 is 0 Å². The molecule has 1 heterocycles. The van der Waals surface area contributed by atoms with Crippen molar-refractivity contribution < 1.29 is 9.18 Å². The molecule has 0 bridgehead atoms. The van der Waals surface area contributed by atoms with E-state index in [1.54, 1.807) is 6.07 Å². The van der Waals surface area contributed by atoms with Crippen molar-refractivity contribution in [3.05, 3.63) is 35.6 Å². The van der Waals surface area contributed by atoms with Crippen LogP contribution < -0.4 is 10.6 Å². The highest BCUT2D eigenvalue weighted by atomic mass is 19.1. The molecule has 1 aromatic rings. The van der Waals surface area contributed by atoms with E-state index < -0.39 is 0 Å². The van der Waals surface area contributed by atoms with Crippen LogP contribution >= 0.6 is 0 Å². The molecule has 2 fully saturated rings. The molecule has 0 aromatic heterocycles. The second-order valence-electron chi connectivity index (χ2n) is 7.59. The highest BCUT2D eigenvalue weighted by molar-refractivity contribution is 5.74. The topological polar surface area (TPSA) is 47.6 Å². The van der Waals surface area contributed by atoms with E-state index in [-0.39, 0.29) is 23.3 Å². The van der Waals surface area contributed by atoms with Gasteiger partial charge < -0.3 is 15.5 Å². The number of hydrogen-bond acceptors (Lipinski definition) is 3. The Balaban J connectivity index is 1.43. The molecule has 1 aromatic carbocycles. The van der Waals surface area contributed by atoms with E-state index in [0.29, 0.717) is 6.54 Å². The molecule has 2 amide bonds. The number of halogens is 1. The number of carbonyl (C=O) groups is 1. The molecule has 6 heteroatoms. The molecule has 0 unspecified atom stereocenters.